The normalized spacial score (nSPS) is 10.4. The highest BCUT2D eigenvalue weighted by Gasteiger charge is 2.09. The Labute approximate surface area is 107 Å². The minimum Gasteiger partial charge on any atom is -0.496 e. The van der Waals surface area contributed by atoms with Gasteiger partial charge in [0.05, 0.1) is 13.7 Å². The van der Waals surface area contributed by atoms with Gasteiger partial charge in [-0.25, -0.2) is 0 Å². The lowest BCUT2D eigenvalue weighted by molar-refractivity contribution is -0.138. The number of aryl methyl sites for hydroxylation is 1. The number of ether oxygens (including phenoxy) is 1. The molecule has 0 heterocycles. The zero-order valence-corrected chi connectivity index (χ0v) is 10.8. The number of hydrogen-bond acceptors (Lipinski definition) is 3. The zero-order chi connectivity index (χ0) is 13.5. The van der Waals surface area contributed by atoms with E-state index in [9.17, 15) is 4.79 Å². The van der Waals surface area contributed by atoms with Crippen LogP contribution >= 0.6 is 0 Å². The molecule has 0 aliphatic carbocycles. The molecule has 0 saturated carbocycles. The zero-order valence-electron chi connectivity index (χ0n) is 10.8. The van der Waals surface area contributed by atoms with Crippen LogP contribution in [0, 0.1) is 6.92 Å². The Balaban J connectivity index is 2.76. The number of rotatable bonds is 7. The van der Waals surface area contributed by atoms with Crippen molar-refractivity contribution in [1.82, 2.24) is 4.90 Å². The van der Waals surface area contributed by atoms with Crippen LogP contribution in [0.5, 0.6) is 5.75 Å². The first-order valence-electron chi connectivity index (χ1n) is 5.75. The van der Waals surface area contributed by atoms with Crippen LogP contribution in [0.15, 0.2) is 30.9 Å². The molecule has 0 radical (unpaired) electrons. The first kappa shape index (κ1) is 14.3. The van der Waals surface area contributed by atoms with Gasteiger partial charge in [0.15, 0.2) is 0 Å². The van der Waals surface area contributed by atoms with Gasteiger partial charge in [0.2, 0.25) is 0 Å². The summed E-state index contributed by atoms with van der Waals surface area (Å²) in [4.78, 5) is 12.6. The molecule has 0 aromatic heterocycles. The summed E-state index contributed by atoms with van der Waals surface area (Å²) in [7, 11) is 1.64. The van der Waals surface area contributed by atoms with E-state index in [4.69, 9.17) is 9.84 Å². The van der Waals surface area contributed by atoms with Crippen molar-refractivity contribution in [2.24, 2.45) is 0 Å². The van der Waals surface area contributed by atoms with E-state index < -0.39 is 5.97 Å². The van der Waals surface area contributed by atoms with Gasteiger partial charge in [-0.05, 0) is 24.1 Å². The SMILES string of the molecule is C=CCN(CC(=O)O)Cc1ccc(OC)c(C)c1. The Hall–Kier alpha value is -1.81. The average Bonchev–Trinajstić information content (AvgIpc) is 2.28. The fraction of sp³-hybridized carbons (Fsp3) is 0.357. The third-order valence-corrected chi connectivity index (χ3v) is 2.61. The van der Waals surface area contributed by atoms with Crippen molar-refractivity contribution in [2.75, 3.05) is 20.2 Å². The summed E-state index contributed by atoms with van der Waals surface area (Å²) in [6.45, 7) is 6.76. The lowest BCUT2D eigenvalue weighted by Crippen LogP contribution is -2.29. The number of carboxylic acids is 1. The largest absolute Gasteiger partial charge is 0.496 e. The van der Waals surface area contributed by atoms with E-state index in [1.807, 2.05) is 30.0 Å². The lowest BCUT2D eigenvalue weighted by Gasteiger charge is -2.19. The maximum absolute atomic E-state index is 10.7. The molecule has 1 aromatic rings. The van der Waals surface area contributed by atoms with Crippen LogP contribution in [0.4, 0.5) is 0 Å². The fourth-order valence-corrected chi connectivity index (χ4v) is 1.86. The van der Waals surface area contributed by atoms with Crippen LogP contribution < -0.4 is 4.74 Å². The minimum absolute atomic E-state index is 0.0110. The van der Waals surface area contributed by atoms with E-state index in [1.54, 1.807) is 13.2 Å². The highest BCUT2D eigenvalue weighted by atomic mass is 16.5. The van der Waals surface area contributed by atoms with Crippen LogP contribution in [0.2, 0.25) is 0 Å². The molecular weight excluding hydrogens is 230 g/mol. The molecule has 1 aromatic carbocycles. The summed E-state index contributed by atoms with van der Waals surface area (Å²) in [6, 6.07) is 5.86. The summed E-state index contributed by atoms with van der Waals surface area (Å²) < 4.78 is 5.19. The highest BCUT2D eigenvalue weighted by molar-refractivity contribution is 5.69. The van der Waals surface area contributed by atoms with Crippen molar-refractivity contribution in [3.8, 4) is 5.75 Å². The molecule has 0 aliphatic heterocycles. The standard InChI is InChI=1S/C14H19NO3/c1-4-7-15(10-14(16)17)9-12-5-6-13(18-3)11(2)8-12/h4-6,8H,1,7,9-10H2,2-3H3,(H,16,17). The molecule has 0 amide bonds. The Kier molecular flexibility index (Phi) is 5.39. The minimum atomic E-state index is -0.831. The summed E-state index contributed by atoms with van der Waals surface area (Å²) in [5, 5.41) is 8.83. The molecule has 0 atom stereocenters. The van der Waals surface area contributed by atoms with E-state index in [2.05, 4.69) is 6.58 Å². The predicted molar refractivity (Wildman–Crippen MR) is 70.8 cm³/mol. The van der Waals surface area contributed by atoms with E-state index in [0.29, 0.717) is 13.1 Å². The Bertz CT molecular complexity index is 429. The van der Waals surface area contributed by atoms with E-state index in [0.717, 1.165) is 16.9 Å². The van der Waals surface area contributed by atoms with Gasteiger partial charge in [0, 0.05) is 13.1 Å². The van der Waals surface area contributed by atoms with Crippen LogP contribution in [-0.4, -0.2) is 36.2 Å². The van der Waals surface area contributed by atoms with E-state index in [1.165, 1.54) is 0 Å². The molecular formula is C14H19NO3. The summed E-state index contributed by atoms with van der Waals surface area (Å²) in [6.07, 6.45) is 1.71. The number of benzene rings is 1. The van der Waals surface area contributed by atoms with Gasteiger partial charge in [-0.15, -0.1) is 6.58 Å². The van der Waals surface area contributed by atoms with Gasteiger partial charge in [-0.3, -0.25) is 9.69 Å². The third-order valence-electron chi connectivity index (χ3n) is 2.61. The first-order valence-corrected chi connectivity index (χ1v) is 5.75. The van der Waals surface area contributed by atoms with Gasteiger partial charge in [-0.2, -0.15) is 0 Å². The molecule has 0 aliphatic rings. The molecule has 0 fully saturated rings. The number of methoxy groups -OCH3 is 1. The quantitative estimate of drug-likeness (QED) is 0.752. The molecule has 1 N–H and O–H groups in total. The van der Waals surface area contributed by atoms with Crippen molar-refractivity contribution in [1.29, 1.82) is 0 Å². The summed E-state index contributed by atoms with van der Waals surface area (Å²) in [5.74, 6) is 0.00865. The molecule has 0 spiro atoms. The van der Waals surface area contributed by atoms with Gasteiger partial charge in [-0.1, -0.05) is 18.2 Å². The summed E-state index contributed by atoms with van der Waals surface area (Å²) in [5.41, 5.74) is 2.11. The van der Waals surface area contributed by atoms with Crippen LogP contribution in [0.1, 0.15) is 11.1 Å². The topological polar surface area (TPSA) is 49.8 Å². The number of nitrogens with zero attached hydrogens (tertiary/aromatic N) is 1. The first-order chi connectivity index (χ1) is 8.56. The lowest BCUT2D eigenvalue weighted by atomic mass is 10.1. The smallest absolute Gasteiger partial charge is 0.317 e. The second-order valence-corrected chi connectivity index (χ2v) is 4.16. The second-order valence-electron chi connectivity index (χ2n) is 4.16. The van der Waals surface area contributed by atoms with E-state index >= 15 is 0 Å². The molecule has 0 bridgehead atoms. The molecule has 4 heteroatoms. The molecule has 4 nitrogen and oxygen atoms in total. The Morgan fingerprint density at radius 1 is 1.56 bits per heavy atom. The maximum atomic E-state index is 10.7. The number of hydrogen-bond donors (Lipinski definition) is 1. The van der Waals surface area contributed by atoms with E-state index in [-0.39, 0.29) is 6.54 Å². The van der Waals surface area contributed by atoms with Crippen molar-refractivity contribution in [2.45, 2.75) is 13.5 Å². The van der Waals surface area contributed by atoms with Crippen molar-refractivity contribution in [3.05, 3.63) is 42.0 Å². The van der Waals surface area contributed by atoms with Crippen molar-refractivity contribution >= 4 is 5.97 Å². The van der Waals surface area contributed by atoms with Gasteiger partial charge < -0.3 is 9.84 Å². The second kappa shape index (κ2) is 6.81. The Morgan fingerprint density at radius 3 is 2.78 bits per heavy atom. The Morgan fingerprint density at radius 2 is 2.28 bits per heavy atom. The van der Waals surface area contributed by atoms with Crippen LogP contribution in [0.25, 0.3) is 0 Å². The van der Waals surface area contributed by atoms with Gasteiger partial charge in [0.25, 0.3) is 0 Å². The highest BCUT2D eigenvalue weighted by Crippen LogP contribution is 2.19. The van der Waals surface area contributed by atoms with Gasteiger partial charge in [0.1, 0.15) is 5.75 Å². The number of carbonyl (C=O) groups is 1. The van der Waals surface area contributed by atoms with Crippen LogP contribution in [0.3, 0.4) is 0 Å². The third kappa shape index (κ3) is 4.22. The fourth-order valence-electron chi connectivity index (χ4n) is 1.86. The molecule has 98 valence electrons. The number of carboxylic acid groups (broad SMARTS) is 1. The summed E-state index contributed by atoms with van der Waals surface area (Å²) >= 11 is 0. The van der Waals surface area contributed by atoms with Crippen LogP contribution in [-0.2, 0) is 11.3 Å². The molecule has 0 unspecified atom stereocenters. The predicted octanol–water partition coefficient (Wildman–Crippen LogP) is 2.08. The average molecular weight is 249 g/mol. The molecule has 0 saturated heterocycles. The molecule has 1 rings (SSSR count). The van der Waals surface area contributed by atoms with Crippen molar-refractivity contribution in [3.63, 3.8) is 0 Å². The maximum Gasteiger partial charge on any atom is 0.317 e. The van der Waals surface area contributed by atoms with Gasteiger partial charge >= 0.3 is 5.97 Å². The monoisotopic (exact) mass is 249 g/mol. The molecule has 18 heavy (non-hydrogen) atoms. The van der Waals surface area contributed by atoms with Crippen molar-refractivity contribution < 1.29 is 14.6 Å². The number of aliphatic carboxylic acids is 1.